The number of fused-ring (bicyclic) bond motifs is 1. The van der Waals surface area contributed by atoms with Crippen molar-refractivity contribution < 1.29 is 19.7 Å². The molecule has 2 aliphatic rings. The molecule has 1 aromatic heterocycles. The van der Waals surface area contributed by atoms with Crippen molar-refractivity contribution in [1.82, 2.24) is 4.68 Å². The summed E-state index contributed by atoms with van der Waals surface area (Å²) in [4.78, 5) is 17.6. The average Bonchev–Trinajstić information content (AvgIpc) is 3.21. The summed E-state index contributed by atoms with van der Waals surface area (Å²) in [5.74, 6) is 0.390. The van der Waals surface area contributed by atoms with Gasteiger partial charge in [0.05, 0.1) is 23.1 Å². The zero-order valence-electron chi connectivity index (χ0n) is 18.8. The van der Waals surface area contributed by atoms with E-state index in [9.17, 15) is 15.0 Å². The predicted octanol–water partition coefficient (Wildman–Crippen LogP) is 4.46. The molecule has 1 aliphatic carbocycles. The number of thiazole rings is 1. The first kappa shape index (κ1) is 22.2. The molecule has 34 heavy (non-hydrogen) atoms. The number of benzene rings is 2. The fourth-order valence-electron chi connectivity index (χ4n) is 4.32. The Labute approximate surface area is 200 Å². The fourth-order valence-corrected chi connectivity index (χ4v) is 5.22. The first-order valence-electron chi connectivity index (χ1n) is 11.4. The molecule has 2 aromatic carbocycles. The number of aromatic nitrogens is 1. The van der Waals surface area contributed by atoms with E-state index in [4.69, 9.17) is 14.8 Å². The Morgan fingerprint density at radius 3 is 2.76 bits per heavy atom. The Morgan fingerprint density at radius 1 is 1.15 bits per heavy atom. The van der Waals surface area contributed by atoms with Crippen LogP contribution < -0.4 is 14.9 Å². The number of rotatable bonds is 4. The summed E-state index contributed by atoms with van der Waals surface area (Å²) in [5.41, 5.74) is 3.40. The summed E-state index contributed by atoms with van der Waals surface area (Å²) >= 11 is 1.51. The van der Waals surface area contributed by atoms with Gasteiger partial charge in [-0.3, -0.25) is 9.79 Å². The van der Waals surface area contributed by atoms with Crippen LogP contribution in [0.1, 0.15) is 44.6 Å². The smallest absolute Gasteiger partial charge is 0.262 e. The number of phenolic OH excluding ortho intramolecular Hbond substituents is 2. The van der Waals surface area contributed by atoms with Crippen molar-refractivity contribution in [1.29, 1.82) is 0 Å². The van der Waals surface area contributed by atoms with Crippen molar-refractivity contribution in [3.8, 4) is 28.5 Å². The van der Waals surface area contributed by atoms with Gasteiger partial charge in [-0.15, -0.1) is 11.3 Å². The van der Waals surface area contributed by atoms with Crippen LogP contribution in [0.25, 0.3) is 11.3 Å². The molecular weight excluding hydrogens is 452 g/mol. The van der Waals surface area contributed by atoms with Gasteiger partial charge in [0, 0.05) is 22.6 Å². The van der Waals surface area contributed by atoms with E-state index in [1.165, 1.54) is 42.7 Å². The molecule has 0 bridgehead atoms. The van der Waals surface area contributed by atoms with Crippen LogP contribution in [0.5, 0.6) is 17.2 Å². The van der Waals surface area contributed by atoms with Crippen molar-refractivity contribution in [2.45, 2.75) is 45.1 Å². The number of hydrogen-bond acceptors (Lipinski definition) is 7. The van der Waals surface area contributed by atoms with Crippen LogP contribution in [0.3, 0.4) is 0 Å². The zero-order valence-corrected chi connectivity index (χ0v) is 19.6. The van der Waals surface area contributed by atoms with E-state index in [-0.39, 0.29) is 30.1 Å². The monoisotopic (exact) mass is 478 g/mol. The quantitative estimate of drug-likeness (QED) is 0.481. The number of carbonyl (C=O) groups excluding carboxylic acids is 1. The van der Waals surface area contributed by atoms with Gasteiger partial charge < -0.3 is 20.3 Å². The van der Waals surface area contributed by atoms with Gasteiger partial charge in [-0.1, -0.05) is 19.3 Å². The van der Waals surface area contributed by atoms with Crippen LogP contribution in [0.4, 0.5) is 5.69 Å². The molecule has 1 amide bonds. The molecule has 0 saturated heterocycles. The maximum atomic E-state index is 11.8. The molecule has 0 spiro atoms. The highest BCUT2D eigenvalue weighted by Crippen LogP contribution is 2.33. The molecule has 1 fully saturated rings. The van der Waals surface area contributed by atoms with Crippen LogP contribution in [-0.2, 0) is 4.79 Å². The number of hydrogen-bond donors (Lipinski definition) is 3. The van der Waals surface area contributed by atoms with E-state index in [1.807, 2.05) is 30.5 Å². The molecule has 2 heterocycles. The van der Waals surface area contributed by atoms with Crippen LogP contribution in [0.15, 0.2) is 51.9 Å². The van der Waals surface area contributed by atoms with Gasteiger partial charge in [0.15, 0.2) is 6.61 Å². The molecule has 0 radical (unpaired) electrons. The maximum Gasteiger partial charge on any atom is 0.262 e. The van der Waals surface area contributed by atoms with Crippen molar-refractivity contribution >= 4 is 28.6 Å². The highest BCUT2D eigenvalue weighted by molar-refractivity contribution is 7.07. The first-order valence-corrected chi connectivity index (χ1v) is 12.3. The SMILES string of the molecule is CC(=Nn1c(-c2ccc3c(c2)NC(=O)CO3)csc1=NC1CCCCC1)c1ccc(O)cc1O. The lowest BCUT2D eigenvalue weighted by atomic mass is 9.96. The van der Waals surface area contributed by atoms with Crippen LogP contribution in [0.2, 0.25) is 0 Å². The minimum absolute atomic E-state index is 0.00876. The standard InChI is InChI=1S/C25H26N4O4S/c1-15(19-9-8-18(30)12-22(19)31)28-29-21(14-34-25(29)26-17-5-3-2-4-6-17)16-7-10-23-20(11-16)27-24(32)13-33-23/h7-12,14,17,30-31H,2-6,13H2,1H3,(H,27,32). The molecular formula is C25H26N4O4S. The van der Waals surface area contributed by atoms with Gasteiger partial charge in [0.1, 0.15) is 17.2 Å². The Hall–Kier alpha value is -3.59. The van der Waals surface area contributed by atoms with Crippen molar-refractivity contribution in [3.63, 3.8) is 0 Å². The molecule has 1 saturated carbocycles. The number of phenols is 2. The lowest BCUT2D eigenvalue weighted by molar-refractivity contribution is -0.118. The van der Waals surface area contributed by atoms with E-state index in [0.29, 0.717) is 22.7 Å². The summed E-state index contributed by atoms with van der Waals surface area (Å²) < 4.78 is 7.30. The topological polar surface area (TPSA) is 108 Å². The maximum absolute atomic E-state index is 11.8. The largest absolute Gasteiger partial charge is 0.508 e. The van der Waals surface area contributed by atoms with Crippen molar-refractivity contribution in [2.24, 2.45) is 10.1 Å². The first-order chi connectivity index (χ1) is 16.5. The van der Waals surface area contributed by atoms with Gasteiger partial charge in [-0.25, -0.2) is 4.68 Å². The molecule has 3 aromatic rings. The van der Waals surface area contributed by atoms with E-state index < -0.39 is 0 Å². The minimum Gasteiger partial charge on any atom is -0.508 e. The van der Waals surface area contributed by atoms with E-state index in [0.717, 1.165) is 28.9 Å². The van der Waals surface area contributed by atoms with Gasteiger partial charge >= 0.3 is 0 Å². The van der Waals surface area contributed by atoms with E-state index >= 15 is 0 Å². The Balaban J connectivity index is 1.62. The summed E-state index contributed by atoms with van der Waals surface area (Å²) in [5, 5.41) is 29.7. The number of anilines is 1. The van der Waals surface area contributed by atoms with Crippen LogP contribution in [-0.4, -0.2) is 39.2 Å². The fraction of sp³-hybridized carbons (Fsp3) is 0.320. The normalized spacial score (nSPS) is 17.3. The third-order valence-electron chi connectivity index (χ3n) is 6.08. The number of amides is 1. The summed E-state index contributed by atoms with van der Waals surface area (Å²) in [7, 11) is 0. The number of nitrogens with one attached hydrogen (secondary N) is 1. The molecule has 0 atom stereocenters. The molecule has 1 aliphatic heterocycles. The Kier molecular flexibility index (Phi) is 6.10. The highest BCUT2D eigenvalue weighted by atomic mass is 32.1. The van der Waals surface area contributed by atoms with Crippen LogP contribution >= 0.6 is 11.3 Å². The molecule has 0 unspecified atom stereocenters. The molecule has 8 nitrogen and oxygen atoms in total. The second-order valence-corrected chi connectivity index (χ2v) is 9.41. The molecule has 9 heteroatoms. The van der Waals surface area contributed by atoms with Gasteiger partial charge in [0.2, 0.25) is 4.80 Å². The average molecular weight is 479 g/mol. The zero-order chi connectivity index (χ0) is 23.7. The number of carbonyl (C=O) groups is 1. The predicted molar refractivity (Wildman–Crippen MR) is 132 cm³/mol. The summed E-state index contributed by atoms with van der Waals surface area (Å²) in [6, 6.07) is 10.4. The lowest BCUT2D eigenvalue weighted by Gasteiger charge is -2.19. The molecule has 5 rings (SSSR count). The Bertz CT molecular complexity index is 1330. The number of aromatic hydroxyl groups is 2. The molecule has 176 valence electrons. The van der Waals surface area contributed by atoms with Crippen molar-refractivity contribution in [2.75, 3.05) is 11.9 Å². The van der Waals surface area contributed by atoms with Gasteiger partial charge in [0.25, 0.3) is 5.91 Å². The third-order valence-corrected chi connectivity index (χ3v) is 6.91. The third kappa shape index (κ3) is 4.56. The minimum atomic E-state index is -0.187. The lowest BCUT2D eigenvalue weighted by Crippen LogP contribution is -2.25. The number of nitrogens with zero attached hydrogens (tertiary/aromatic N) is 3. The highest BCUT2D eigenvalue weighted by Gasteiger charge is 2.19. The molecule has 3 N–H and O–H groups in total. The Morgan fingerprint density at radius 2 is 1.97 bits per heavy atom. The second-order valence-electron chi connectivity index (χ2n) is 8.57. The van der Waals surface area contributed by atoms with Gasteiger partial charge in [-0.05, 0) is 50.1 Å². The summed E-state index contributed by atoms with van der Waals surface area (Å²) in [6.45, 7) is 1.82. The van der Waals surface area contributed by atoms with E-state index in [2.05, 4.69) is 5.32 Å². The van der Waals surface area contributed by atoms with E-state index in [1.54, 1.807) is 10.7 Å². The van der Waals surface area contributed by atoms with Crippen molar-refractivity contribution in [3.05, 3.63) is 52.1 Å². The van der Waals surface area contributed by atoms with Crippen LogP contribution in [0, 0.1) is 0 Å². The summed E-state index contributed by atoms with van der Waals surface area (Å²) in [6.07, 6.45) is 5.75. The second kappa shape index (κ2) is 9.34. The number of ether oxygens (including phenoxy) is 1. The van der Waals surface area contributed by atoms with Gasteiger partial charge in [-0.2, -0.15) is 5.10 Å².